The average molecular weight is 353 g/mol. The Morgan fingerprint density at radius 1 is 0.962 bits per heavy atom. The van der Waals surface area contributed by atoms with Crippen LogP contribution in [0, 0.1) is 0 Å². The van der Waals surface area contributed by atoms with Gasteiger partial charge in [0.1, 0.15) is 5.75 Å². The molecule has 0 fully saturated rings. The van der Waals surface area contributed by atoms with Crippen LogP contribution in [0.15, 0.2) is 36.4 Å². The van der Waals surface area contributed by atoms with Crippen LogP contribution in [-0.2, 0) is 18.3 Å². The Morgan fingerprint density at radius 2 is 1.58 bits per heavy atom. The van der Waals surface area contributed by atoms with Gasteiger partial charge in [-0.15, -0.1) is 0 Å². The van der Waals surface area contributed by atoms with Gasteiger partial charge in [-0.1, -0.05) is 77.9 Å². The van der Waals surface area contributed by atoms with Crippen LogP contribution < -0.4 is 4.74 Å². The lowest BCUT2D eigenvalue weighted by atomic mass is 9.77. The van der Waals surface area contributed by atoms with Crippen molar-refractivity contribution < 1.29 is 4.74 Å². The summed E-state index contributed by atoms with van der Waals surface area (Å²) >= 11 is 0. The molecule has 0 saturated heterocycles. The van der Waals surface area contributed by atoms with Gasteiger partial charge in [0.2, 0.25) is 0 Å². The second-order valence-electron chi connectivity index (χ2n) is 8.89. The molecule has 26 heavy (non-hydrogen) atoms. The van der Waals surface area contributed by atoms with Gasteiger partial charge >= 0.3 is 0 Å². The quantitative estimate of drug-likeness (QED) is 0.541. The van der Waals surface area contributed by atoms with Gasteiger partial charge in [-0.2, -0.15) is 0 Å². The summed E-state index contributed by atoms with van der Waals surface area (Å²) in [6.45, 7) is 18.1. The summed E-state index contributed by atoms with van der Waals surface area (Å²) in [4.78, 5) is 0. The topological polar surface area (TPSA) is 9.23 Å². The van der Waals surface area contributed by atoms with Gasteiger partial charge in [0.15, 0.2) is 0 Å². The first kappa shape index (κ1) is 20.6. The molecule has 0 N–H and O–H groups in total. The Morgan fingerprint density at radius 3 is 2.04 bits per heavy atom. The van der Waals surface area contributed by atoms with Crippen molar-refractivity contribution in [1.82, 2.24) is 0 Å². The standard InChI is InChI=1S/C25H36O/c1-9-21-22(25(6,7)8)16-20(15-19-13-11-10-12-14-19)24(26-18(4)5)23(21)17(2)3/h10-14,16-18H,9,15H2,1-8H3. The minimum absolute atomic E-state index is 0.122. The van der Waals surface area contributed by atoms with E-state index in [4.69, 9.17) is 4.74 Å². The first-order chi connectivity index (χ1) is 12.1. The molecule has 1 heteroatoms. The summed E-state index contributed by atoms with van der Waals surface area (Å²) < 4.78 is 6.42. The monoisotopic (exact) mass is 352 g/mol. The first-order valence-electron chi connectivity index (χ1n) is 10.0. The molecule has 2 aromatic carbocycles. The molecule has 0 spiro atoms. The molecule has 0 atom stereocenters. The summed E-state index contributed by atoms with van der Waals surface area (Å²) in [6.07, 6.45) is 2.13. The molecule has 0 saturated carbocycles. The number of hydrogen-bond acceptors (Lipinski definition) is 1. The van der Waals surface area contributed by atoms with Crippen molar-refractivity contribution in [3.05, 3.63) is 64.2 Å². The zero-order chi connectivity index (χ0) is 19.5. The van der Waals surface area contributed by atoms with Crippen molar-refractivity contribution in [3.8, 4) is 5.75 Å². The largest absolute Gasteiger partial charge is 0.490 e. The van der Waals surface area contributed by atoms with Gasteiger partial charge in [-0.3, -0.25) is 0 Å². The highest BCUT2D eigenvalue weighted by Crippen LogP contribution is 2.41. The fourth-order valence-corrected chi connectivity index (χ4v) is 3.76. The number of benzene rings is 2. The predicted octanol–water partition coefficient (Wildman–Crippen LogP) is 7.05. The van der Waals surface area contributed by atoms with Crippen LogP contribution in [0.4, 0.5) is 0 Å². The maximum absolute atomic E-state index is 6.42. The van der Waals surface area contributed by atoms with Gasteiger partial charge in [0.05, 0.1) is 6.10 Å². The third kappa shape index (κ3) is 4.69. The highest BCUT2D eigenvalue weighted by molar-refractivity contribution is 5.55. The van der Waals surface area contributed by atoms with E-state index in [1.54, 1.807) is 0 Å². The Labute approximate surface area is 160 Å². The number of rotatable bonds is 6. The molecule has 0 aliphatic heterocycles. The van der Waals surface area contributed by atoms with E-state index in [0.29, 0.717) is 5.92 Å². The summed E-state index contributed by atoms with van der Waals surface area (Å²) in [5.74, 6) is 1.55. The van der Waals surface area contributed by atoms with E-state index in [0.717, 1.165) is 18.6 Å². The number of ether oxygens (including phenoxy) is 1. The Balaban J connectivity index is 2.75. The second kappa shape index (κ2) is 8.29. The number of hydrogen-bond donors (Lipinski definition) is 0. The molecule has 0 amide bonds. The van der Waals surface area contributed by atoms with Crippen LogP contribution in [0.2, 0.25) is 0 Å². The fourth-order valence-electron chi connectivity index (χ4n) is 3.76. The van der Waals surface area contributed by atoms with Crippen molar-refractivity contribution in [2.24, 2.45) is 0 Å². The second-order valence-corrected chi connectivity index (χ2v) is 8.89. The van der Waals surface area contributed by atoms with Gasteiger partial charge in [-0.25, -0.2) is 0 Å². The average Bonchev–Trinajstić information content (AvgIpc) is 2.54. The van der Waals surface area contributed by atoms with E-state index < -0.39 is 0 Å². The summed E-state index contributed by atoms with van der Waals surface area (Å²) in [7, 11) is 0. The Bertz CT molecular complexity index is 718. The fraction of sp³-hybridized carbons (Fsp3) is 0.520. The molecule has 0 aromatic heterocycles. The molecule has 142 valence electrons. The van der Waals surface area contributed by atoms with Crippen LogP contribution in [0.1, 0.15) is 89.1 Å². The van der Waals surface area contributed by atoms with E-state index in [1.807, 2.05) is 0 Å². The van der Waals surface area contributed by atoms with Crippen molar-refractivity contribution in [2.75, 3.05) is 0 Å². The highest BCUT2D eigenvalue weighted by Gasteiger charge is 2.26. The van der Waals surface area contributed by atoms with Crippen LogP contribution in [0.3, 0.4) is 0 Å². The Kier molecular flexibility index (Phi) is 6.55. The van der Waals surface area contributed by atoms with Crippen molar-refractivity contribution in [3.63, 3.8) is 0 Å². The summed E-state index contributed by atoms with van der Waals surface area (Å²) in [5.41, 5.74) is 7.11. The zero-order valence-electron chi connectivity index (χ0n) is 17.9. The maximum atomic E-state index is 6.42. The lowest BCUT2D eigenvalue weighted by Gasteiger charge is -2.30. The van der Waals surface area contributed by atoms with Crippen LogP contribution in [0.25, 0.3) is 0 Å². The third-order valence-corrected chi connectivity index (χ3v) is 4.83. The van der Waals surface area contributed by atoms with Gasteiger partial charge in [0.25, 0.3) is 0 Å². The van der Waals surface area contributed by atoms with Crippen LogP contribution >= 0.6 is 0 Å². The van der Waals surface area contributed by atoms with Gasteiger partial charge in [0, 0.05) is 12.0 Å². The third-order valence-electron chi connectivity index (χ3n) is 4.83. The first-order valence-corrected chi connectivity index (χ1v) is 10.0. The van der Waals surface area contributed by atoms with E-state index in [1.165, 1.54) is 27.8 Å². The molecule has 0 bridgehead atoms. The van der Waals surface area contributed by atoms with E-state index in [9.17, 15) is 0 Å². The Hall–Kier alpha value is -1.76. The van der Waals surface area contributed by atoms with Crippen molar-refractivity contribution in [1.29, 1.82) is 0 Å². The van der Waals surface area contributed by atoms with Gasteiger partial charge in [-0.05, 0) is 53.9 Å². The van der Waals surface area contributed by atoms with Crippen molar-refractivity contribution >= 4 is 0 Å². The smallest absolute Gasteiger partial charge is 0.126 e. The van der Waals surface area contributed by atoms with Crippen molar-refractivity contribution in [2.45, 2.75) is 85.7 Å². The van der Waals surface area contributed by atoms with E-state index >= 15 is 0 Å². The van der Waals surface area contributed by atoms with Crippen LogP contribution in [0.5, 0.6) is 5.75 Å². The predicted molar refractivity (Wildman–Crippen MR) is 114 cm³/mol. The van der Waals surface area contributed by atoms with E-state index in [-0.39, 0.29) is 11.5 Å². The van der Waals surface area contributed by atoms with Crippen LogP contribution in [-0.4, -0.2) is 6.10 Å². The lowest BCUT2D eigenvalue weighted by molar-refractivity contribution is 0.236. The molecule has 0 aliphatic rings. The van der Waals surface area contributed by atoms with E-state index in [2.05, 4.69) is 91.8 Å². The maximum Gasteiger partial charge on any atom is 0.126 e. The highest BCUT2D eigenvalue weighted by atomic mass is 16.5. The minimum atomic E-state index is 0.122. The minimum Gasteiger partial charge on any atom is -0.490 e. The van der Waals surface area contributed by atoms with Gasteiger partial charge < -0.3 is 4.74 Å². The molecule has 0 heterocycles. The molecule has 2 rings (SSSR count). The molecule has 0 radical (unpaired) electrons. The molecular formula is C25H36O. The zero-order valence-corrected chi connectivity index (χ0v) is 17.9. The lowest BCUT2D eigenvalue weighted by Crippen LogP contribution is -2.19. The summed E-state index contributed by atoms with van der Waals surface area (Å²) in [6, 6.07) is 13.1. The molecule has 1 nitrogen and oxygen atoms in total. The molecule has 2 aromatic rings. The molecule has 0 aliphatic carbocycles. The molecular weight excluding hydrogens is 316 g/mol. The summed E-state index contributed by atoms with van der Waals surface area (Å²) in [5, 5.41) is 0. The normalized spacial score (nSPS) is 12.1. The SMILES string of the molecule is CCc1c(C(C)(C)C)cc(Cc2ccccc2)c(OC(C)C)c1C(C)C. The molecule has 0 unspecified atom stereocenters.